The predicted octanol–water partition coefficient (Wildman–Crippen LogP) is 6.02. The highest BCUT2D eigenvalue weighted by atomic mass is 16.4. The van der Waals surface area contributed by atoms with Crippen molar-refractivity contribution in [3.05, 3.63) is 84.4 Å². The van der Waals surface area contributed by atoms with Crippen molar-refractivity contribution in [1.29, 1.82) is 0 Å². The van der Waals surface area contributed by atoms with Gasteiger partial charge in [-0.2, -0.15) is 0 Å². The Hall–Kier alpha value is -3.46. The fraction of sp³-hybridized carbons (Fsp3) is 0.0435. The molecule has 0 N–H and O–H groups in total. The maximum absolute atomic E-state index is 6.09. The standard InChI is InChI=1S/C23H16N2O/c1-15-10-12-16(13-11-15)22-24-25-23(26-22)21-19-8-4-2-6-17(19)14-18-7-3-5-9-20(18)21/h2-14H,1H3. The van der Waals surface area contributed by atoms with E-state index < -0.39 is 0 Å². The molecular formula is C23H16N2O. The van der Waals surface area contributed by atoms with E-state index in [0.717, 1.165) is 32.7 Å². The molecule has 5 aromatic rings. The van der Waals surface area contributed by atoms with Gasteiger partial charge in [0.2, 0.25) is 11.8 Å². The molecule has 0 bridgehead atoms. The van der Waals surface area contributed by atoms with E-state index in [1.165, 1.54) is 5.56 Å². The normalized spacial score (nSPS) is 11.3. The Morgan fingerprint density at radius 1 is 0.654 bits per heavy atom. The van der Waals surface area contributed by atoms with Gasteiger partial charge in [0.05, 0.1) is 5.56 Å². The Labute approximate surface area is 150 Å². The van der Waals surface area contributed by atoms with Gasteiger partial charge >= 0.3 is 0 Å². The Balaban J connectivity index is 1.77. The van der Waals surface area contributed by atoms with Crippen molar-refractivity contribution < 1.29 is 4.42 Å². The fourth-order valence-electron chi connectivity index (χ4n) is 3.38. The van der Waals surface area contributed by atoms with Crippen LogP contribution >= 0.6 is 0 Å². The molecule has 0 spiro atoms. The van der Waals surface area contributed by atoms with E-state index in [1.54, 1.807) is 0 Å². The van der Waals surface area contributed by atoms with Crippen LogP contribution in [-0.2, 0) is 0 Å². The van der Waals surface area contributed by atoms with Crippen LogP contribution in [0.2, 0.25) is 0 Å². The molecule has 1 aromatic heterocycles. The summed E-state index contributed by atoms with van der Waals surface area (Å²) in [7, 11) is 0. The van der Waals surface area contributed by atoms with Gasteiger partial charge < -0.3 is 4.42 Å². The number of aryl methyl sites for hydroxylation is 1. The SMILES string of the molecule is Cc1ccc(-c2nnc(-c3c4ccccc4cc4ccccc34)o2)cc1. The van der Waals surface area contributed by atoms with Gasteiger partial charge in [-0.3, -0.25) is 0 Å². The van der Waals surface area contributed by atoms with Crippen LogP contribution in [0.25, 0.3) is 44.5 Å². The molecule has 26 heavy (non-hydrogen) atoms. The Kier molecular flexibility index (Phi) is 3.32. The number of hydrogen-bond donors (Lipinski definition) is 0. The molecule has 5 rings (SSSR count). The average molecular weight is 336 g/mol. The maximum Gasteiger partial charge on any atom is 0.249 e. The Morgan fingerprint density at radius 3 is 1.88 bits per heavy atom. The summed E-state index contributed by atoms with van der Waals surface area (Å²) in [6, 6.07) is 26.9. The van der Waals surface area contributed by atoms with Crippen LogP contribution < -0.4 is 0 Å². The lowest BCUT2D eigenvalue weighted by atomic mass is 9.97. The lowest BCUT2D eigenvalue weighted by Crippen LogP contribution is -1.85. The maximum atomic E-state index is 6.09. The highest BCUT2D eigenvalue weighted by Crippen LogP contribution is 2.36. The molecule has 124 valence electrons. The van der Waals surface area contributed by atoms with E-state index in [2.05, 4.69) is 47.5 Å². The van der Waals surface area contributed by atoms with Crippen molar-refractivity contribution in [2.45, 2.75) is 6.92 Å². The molecule has 0 unspecified atom stereocenters. The Bertz CT molecular complexity index is 1180. The number of nitrogens with zero attached hydrogens (tertiary/aromatic N) is 2. The number of hydrogen-bond acceptors (Lipinski definition) is 3. The number of fused-ring (bicyclic) bond motifs is 2. The van der Waals surface area contributed by atoms with E-state index >= 15 is 0 Å². The molecule has 0 saturated carbocycles. The van der Waals surface area contributed by atoms with Crippen molar-refractivity contribution >= 4 is 21.5 Å². The van der Waals surface area contributed by atoms with Gasteiger partial charge in [0, 0.05) is 5.56 Å². The first kappa shape index (κ1) is 14.8. The van der Waals surface area contributed by atoms with Crippen molar-refractivity contribution in [3.63, 3.8) is 0 Å². The molecule has 0 amide bonds. The first-order chi connectivity index (χ1) is 12.8. The third-order valence-corrected chi connectivity index (χ3v) is 4.71. The van der Waals surface area contributed by atoms with Gasteiger partial charge in [-0.05, 0) is 46.7 Å². The quantitative estimate of drug-likeness (QED) is 0.370. The summed E-state index contributed by atoms with van der Waals surface area (Å²) in [4.78, 5) is 0. The van der Waals surface area contributed by atoms with Gasteiger partial charge in [0.25, 0.3) is 0 Å². The van der Waals surface area contributed by atoms with Crippen LogP contribution in [-0.4, -0.2) is 10.2 Å². The number of rotatable bonds is 2. The van der Waals surface area contributed by atoms with Gasteiger partial charge in [0.15, 0.2) is 0 Å². The van der Waals surface area contributed by atoms with Crippen LogP contribution in [0.3, 0.4) is 0 Å². The van der Waals surface area contributed by atoms with Crippen LogP contribution in [0.15, 0.2) is 83.3 Å². The molecule has 4 aromatic carbocycles. The highest BCUT2D eigenvalue weighted by molar-refractivity contribution is 6.11. The molecular weight excluding hydrogens is 320 g/mol. The minimum atomic E-state index is 0.539. The van der Waals surface area contributed by atoms with Crippen LogP contribution in [0.1, 0.15) is 5.56 Å². The van der Waals surface area contributed by atoms with Gasteiger partial charge in [0.1, 0.15) is 0 Å². The summed E-state index contributed by atoms with van der Waals surface area (Å²) >= 11 is 0. The minimum Gasteiger partial charge on any atom is -0.416 e. The monoisotopic (exact) mass is 336 g/mol. The third-order valence-electron chi connectivity index (χ3n) is 4.71. The molecule has 0 saturated heterocycles. The summed E-state index contributed by atoms with van der Waals surface area (Å²) in [6.07, 6.45) is 0. The fourth-order valence-corrected chi connectivity index (χ4v) is 3.38. The first-order valence-electron chi connectivity index (χ1n) is 8.61. The lowest BCUT2D eigenvalue weighted by molar-refractivity contribution is 0.586. The van der Waals surface area contributed by atoms with Crippen molar-refractivity contribution in [3.8, 4) is 22.9 Å². The van der Waals surface area contributed by atoms with Gasteiger partial charge in [-0.1, -0.05) is 66.2 Å². The molecule has 0 atom stereocenters. The van der Waals surface area contributed by atoms with E-state index in [4.69, 9.17) is 4.42 Å². The van der Waals surface area contributed by atoms with Crippen molar-refractivity contribution in [2.24, 2.45) is 0 Å². The molecule has 3 nitrogen and oxygen atoms in total. The predicted molar refractivity (Wildman–Crippen MR) is 105 cm³/mol. The summed E-state index contributed by atoms with van der Waals surface area (Å²) < 4.78 is 6.09. The number of benzene rings is 4. The van der Waals surface area contributed by atoms with E-state index in [9.17, 15) is 0 Å². The van der Waals surface area contributed by atoms with Gasteiger partial charge in [-0.25, -0.2) is 0 Å². The first-order valence-corrected chi connectivity index (χ1v) is 8.61. The molecule has 0 aliphatic rings. The molecule has 1 heterocycles. The van der Waals surface area contributed by atoms with Crippen molar-refractivity contribution in [1.82, 2.24) is 10.2 Å². The third kappa shape index (κ3) is 2.37. The minimum absolute atomic E-state index is 0.539. The summed E-state index contributed by atoms with van der Waals surface area (Å²) in [5.41, 5.74) is 3.12. The Morgan fingerprint density at radius 2 is 1.23 bits per heavy atom. The summed E-state index contributed by atoms with van der Waals surface area (Å²) in [6.45, 7) is 2.06. The number of aromatic nitrogens is 2. The van der Waals surface area contributed by atoms with Crippen molar-refractivity contribution in [2.75, 3.05) is 0 Å². The molecule has 0 aliphatic heterocycles. The summed E-state index contributed by atoms with van der Waals surface area (Å²) in [5.74, 6) is 1.09. The molecule has 0 aliphatic carbocycles. The largest absolute Gasteiger partial charge is 0.416 e. The highest BCUT2D eigenvalue weighted by Gasteiger charge is 2.16. The zero-order chi connectivity index (χ0) is 17.5. The van der Waals surface area contributed by atoms with E-state index in [0.29, 0.717) is 11.8 Å². The van der Waals surface area contributed by atoms with Crippen LogP contribution in [0.5, 0.6) is 0 Å². The average Bonchev–Trinajstić information content (AvgIpc) is 3.16. The van der Waals surface area contributed by atoms with Crippen LogP contribution in [0.4, 0.5) is 0 Å². The van der Waals surface area contributed by atoms with Gasteiger partial charge in [-0.15, -0.1) is 10.2 Å². The smallest absolute Gasteiger partial charge is 0.249 e. The molecule has 3 heteroatoms. The molecule has 0 radical (unpaired) electrons. The lowest BCUT2D eigenvalue weighted by Gasteiger charge is -2.08. The van der Waals surface area contributed by atoms with E-state index in [1.807, 2.05) is 48.5 Å². The van der Waals surface area contributed by atoms with E-state index in [-0.39, 0.29) is 0 Å². The second-order valence-electron chi connectivity index (χ2n) is 6.47. The van der Waals surface area contributed by atoms with Crippen LogP contribution in [0, 0.1) is 6.92 Å². The summed E-state index contributed by atoms with van der Waals surface area (Å²) in [5, 5.41) is 13.2. The second kappa shape index (κ2) is 5.81. The zero-order valence-electron chi connectivity index (χ0n) is 14.3. The topological polar surface area (TPSA) is 38.9 Å². The second-order valence-corrected chi connectivity index (χ2v) is 6.47. The zero-order valence-corrected chi connectivity index (χ0v) is 14.3. The molecule has 0 fully saturated rings.